The van der Waals surface area contributed by atoms with Gasteiger partial charge in [0, 0.05) is 6.54 Å². The zero-order valence-electron chi connectivity index (χ0n) is 9.61. The second kappa shape index (κ2) is 5.31. The molecule has 0 radical (unpaired) electrons. The summed E-state index contributed by atoms with van der Waals surface area (Å²) < 4.78 is 12.7. The summed E-state index contributed by atoms with van der Waals surface area (Å²) in [6.45, 7) is 0.453. The van der Waals surface area contributed by atoms with Gasteiger partial charge in [-0.15, -0.1) is 0 Å². The normalized spacial score (nSPS) is 10.3. The number of amides is 1. The van der Waals surface area contributed by atoms with Crippen LogP contribution in [-0.4, -0.2) is 22.6 Å². The number of aromatic amines is 1. The number of carbonyl (C=O) groups excluding carboxylic acids is 1. The van der Waals surface area contributed by atoms with Crippen molar-refractivity contribution < 1.29 is 9.18 Å². The number of hydrogen-bond acceptors (Lipinski definition) is 3. The van der Waals surface area contributed by atoms with E-state index >= 15 is 0 Å². The largest absolute Gasteiger partial charge is 0.383 e. The number of carbonyl (C=O) groups is 1. The Labute approximate surface area is 103 Å². The quantitative estimate of drug-likeness (QED) is 0.757. The predicted octanol–water partition coefficient (Wildman–Crippen LogP) is 1.10. The molecule has 0 aliphatic rings. The van der Waals surface area contributed by atoms with E-state index in [2.05, 4.69) is 15.5 Å². The van der Waals surface area contributed by atoms with Crippen LogP contribution in [0.1, 0.15) is 15.9 Å². The minimum Gasteiger partial charge on any atom is -0.383 e. The molecule has 5 nitrogen and oxygen atoms in total. The number of nitrogen functional groups attached to an aromatic ring is 1. The number of nitrogens with one attached hydrogen (secondary N) is 2. The number of H-pyrrole nitrogens is 1. The maximum absolute atomic E-state index is 12.7. The van der Waals surface area contributed by atoms with E-state index in [9.17, 15) is 9.18 Å². The smallest absolute Gasteiger partial charge is 0.256 e. The maximum atomic E-state index is 12.7. The van der Waals surface area contributed by atoms with Crippen LogP contribution < -0.4 is 11.1 Å². The molecular weight excluding hydrogens is 235 g/mol. The Hall–Kier alpha value is -2.37. The fraction of sp³-hybridized carbons (Fsp3) is 0.167. The summed E-state index contributed by atoms with van der Waals surface area (Å²) in [7, 11) is 0. The van der Waals surface area contributed by atoms with Crippen LogP contribution in [-0.2, 0) is 6.42 Å². The third kappa shape index (κ3) is 2.85. The molecule has 94 valence electrons. The Bertz CT molecular complexity index is 535. The molecule has 0 saturated carbocycles. The Morgan fingerprint density at radius 1 is 1.39 bits per heavy atom. The van der Waals surface area contributed by atoms with Crippen LogP contribution in [0, 0.1) is 5.82 Å². The van der Waals surface area contributed by atoms with Gasteiger partial charge in [-0.05, 0) is 24.1 Å². The van der Waals surface area contributed by atoms with E-state index in [1.54, 1.807) is 12.1 Å². The third-order valence-electron chi connectivity index (χ3n) is 2.53. The first-order valence-electron chi connectivity index (χ1n) is 5.48. The number of aromatic nitrogens is 2. The molecule has 0 aliphatic heterocycles. The first-order valence-corrected chi connectivity index (χ1v) is 5.48. The average Bonchev–Trinajstić information content (AvgIpc) is 2.78. The van der Waals surface area contributed by atoms with E-state index in [-0.39, 0.29) is 17.5 Å². The number of hydrogen-bond donors (Lipinski definition) is 3. The summed E-state index contributed by atoms with van der Waals surface area (Å²) in [5.41, 5.74) is 6.80. The Morgan fingerprint density at radius 2 is 2.11 bits per heavy atom. The highest BCUT2D eigenvalue weighted by atomic mass is 19.1. The highest BCUT2D eigenvalue weighted by molar-refractivity contribution is 5.98. The van der Waals surface area contributed by atoms with Gasteiger partial charge in [-0.25, -0.2) is 4.39 Å². The van der Waals surface area contributed by atoms with Gasteiger partial charge in [0.2, 0.25) is 0 Å². The molecule has 1 heterocycles. The first kappa shape index (κ1) is 12.1. The summed E-state index contributed by atoms with van der Waals surface area (Å²) in [6, 6.07) is 6.16. The fourth-order valence-electron chi connectivity index (χ4n) is 1.54. The molecule has 1 aromatic heterocycles. The number of benzene rings is 1. The standard InChI is InChI=1S/C12H13FN4O/c13-9-3-1-8(2-4-9)5-6-15-12(18)10-7-16-17-11(10)14/h1-4,7H,5-6H2,(H,15,18)(H3,14,16,17). The van der Waals surface area contributed by atoms with Crippen LogP contribution in [0.2, 0.25) is 0 Å². The summed E-state index contributed by atoms with van der Waals surface area (Å²) in [4.78, 5) is 11.7. The van der Waals surface area contributed by atoms with E-state index in [0.717, 1.165) is 5.56 Å². The molecule has 0 atom stereocenters. The van der Waals surface area contributed by atoms with Gasteiger partial charge in [0.05, 0.1) is 6.20 Å². The minimum atomic E-state index is -0.275. The lowest BCUT2D eigenvalue weighted by Crippen LogP contribution is -2.26. The van der Waals surface area contributed by atoms with Gasteiger partial charge >= 0.3 is 0 Å². The molecule has 0 unspecified atom stereocenters. The molecule has 0 saturated heterocycles. The topological polar surface area (TPSA) is 83.8 Å². The van der Waals surface area contributed by atoms with Crippen molar-refractivity contribution in [3.63, 3.8) is 0 Å². The molecule has 2 rings (SSSR count). The summed E-state index contributed by atoms with van der Waals surface area (Å²) >= 11 is 0. The van der Waals surface area contributed by atoms with Gasteiger partial charge in [0.15, 0.2) is 0 Å². The Kier molecular flexibility index (Phi) is 3.57. The zero-order chi connectivity index (χ0) is 13.0. The van der Waals surface area contributed by atoms with E-state index in [0.29, 0.717) is 18.5 Å². The first-order chi connectivity index (χ1) is 8.66. The fourth-order valence-corrected chi connectivity index (χ4v) is 1.54. The molecule has 2 aromatic rings. The number of halogens is 1. The third-order valence-corrected chi connectivity index (χ3v) is 2.53. The molecule has 0 spiro atoms. The molecule has 1 aromatic carbocycles. The van der Waals surface area contributed by atoms with Gasteiger partial charge in [0.1, 0.15) is 17.2 Å². The van der Waals surface area contributed by atoms with Gasteiger partial charge < -0.3 is 11.1 Å². The molecule has 6 heteroatoms. The number of nitrogens with two attached hydrogens (primary N) is 1. The Balaban J connectivity index is 1.84. The van der Waals surface area contributed by atoms with Crippen molar-refractivity contribution in [3.05, 3.63) is 47.4 Å². The highest BCUT2D eigenvalue weighted by Crippen LogP contribution is 2.06. The van der Waals surface area contributed by atoms with Gasteiger partial charge in [-0.2, -0.15) is 5.10 Å². The van der Waals surface area contributed by atoms with Crippen molar-refractivity contribution in [2.24, 2.45) is 0 Å². The van der Waals surface area contributed by atoms with Crippen molar-refractivity contribution in [1.29, 1.82) is 0 Å². The van der Waals surface area contributed by atoms with Crippen molar-refractivity contribution in [2.75, 3.05) is 12.3 Å². The van der Waals surface area contributed by atoms with Gasteiger partial charge in [0.25, 0.3) is 5.91 Å². The lowest BCUT2D eigenvalue weighted by molar-refractivity contribution is 0.0955. The number of anilines is 1. The second-order valence-corrected chi connectivity index (χ2v) is 3.83. The number of rotatable bonds is 4. The molecule has 4 N–H and O–H groups in total. The number of nitrogens with zero attached hydrogens (tertiary/aromatic N) is 1. The monoisotopic (exact) mass is 248 g/mol. The van der Waals surface area contributed by atoms with Crippen molar-refractivity contribution in [2.45, 2.75) is 6.42 Å². The van der Waals surface area contributed by atoms with Gasteiger partial charge in [-0.1, -0.05) is 12.1 Å². The molecule has 0 fully saturated rings. The SMILES string of the molecule is Nc1[nH]ncc1C(=O)NCCc1ccc(F)cc1. The van der Waals surface area contributed by atoms with E-state index < -0.39 is 0 Å². The molecule has 18 heavy (non-hydrogen) atoms. The van der Waals surface area contributed by atoms with E-state index in [4.69, 9.17) is 5.73 Å². The summed E-state index contributed by atoms with van der Waals surface area (Å²) in [6.07, 6.45) is 2.01. The second-order valence-electron chi connectivity index (χ2n) is 3.83. The summed E-state index contributed by atoms with van der Waals surface area (Å²) in [5, 5.41) is 8.87. The molecule has 0 aliphatic carbocycles. The van der Waals surface area contributed by atoms with Crippen LogP contribution >= 0.6 is 0 Å². The van der Waals surface area contributed by atoms with Crippen molar-refractivity contribution in [1.82, 2.24) is 15.5 Å². The average molecular weight is 248 g/mol. The van der Waals surface area contributed by atoms with Crippen molar-refractivity contribution >= 4 is 11.7 Å². The van der Waals surface area contributed by atoms with Crippen LogP contribution in [0.4, 0.5) is 10.2 Å². The van der Waals surface area contributed by atoms with Gasteiger partial charge in [-0.3, -0.25) is 9.89 Å². The lowest BCUT2D eigenvalue weighted by atomic mass is 10.1. The summed E-state index contributed by atoms with van der Waals surface area (Å²) in [5.74, 6) is -0.299. The van der Waals surface area contributed by atoms with E-state index in [1.807, 2.05) is 0 Å². The minimum absolute atomic E-state index is 0.245. The van der Waals surface area contributed by atoms with Crippen LogP contribution in [0.25, 0.3) is 0 Å². The predicted molar refractivity (Wildman–Crippen MR) is 65.4 cm³/mol. The van der Waals surface area contributed by atoms with Crippen LogP contribution in [0.15, 0.2) is 30.5 Å². The molecule has 0 bridgehead atoms. The maximum Gasteiger partial charge on any atom is 0.256 e. The zero-order valence-corrected chi connectivity index (χ0v) is 9.61. The van der Waals surface area contributed by atoms with Crippen LogP contribution in [0.5, 0.6) is 0 Å². The molecular formula is C12H13FN4O. The Morgan fingerprint density at radius 3 is 2.72 bits per heavy atom. The van der Waals surface area contributed by atoms with Crippen molar-refractivity contribution in [3.8, 4) is 0 Å². The van der Waals surface area contributed by atoms with E-state index in [1.165, 1.54) is 18.3 Å². The lowest BCUT2D eigenvalue weighted by Gasteiger charge is -2.04. The van der Waals surface area contributed by atoms with Crippen LogP contribution in [0.3, 0.4) is 0 Å². The molecule has 1 amide bonds. The highest BCUT2D eigenvalue weighted by Gasteiger charge is 2.10.